The van der Waals surface area contributed by atoms with E-state index in [0.29, 0.717) is 0 Å². The molecule has 3 heteroatoms. The summed E-state index contributed by atoms with van der Waals surface area (Å²) in [6, 6.07) is 0.741. The van der Waals surface area contributed by atoms with E-state index in [1.165, 1.54) is 45.1 Å². The predicted octanol–water partition coefficient (Wildman–Crippen LogP) is 3.18. The maximum atomic E-state index is 5.78. The minimum Gasteiger partial charge on any atom is -0.348 e. The van der Waals surface area contributed by atoms with Crippen LogP contribution < -0.4 is 0 Å². The van der Waals surface area contributed by atoms with Gasteiger partial charge in [-0.25, -0.2) is 0 Å². The number of ether oxygens (including phenoxy) is 2. The van der Waals surface area contributed by atoms with Crippen LogP contribution in [0.1, 0.15) is 58.3 Å². The summed E-state index contributed by atoms with van der Waals surface area (Å²) in [5.74, 6) is -0.195. The summed E-state index contributed by atoms with van der Waals surface area (Å²) in [6.07, 6.45) is 10.0. The molecule has 1 aliphatic carbocycles. The largest absolute Gasteiger partial charge is 0.348 e. The van der Waals surface area contributed by atoms with Crippen LogP contribution in [0, 0.1) is 0 Å². The van der Waals surface area contributed by atoms with Gasteiger partial charge in [0.15, 0.2) is 5.79 Å². The average Bonchev–Trinajstić information content (AvgIpc) is 2.84. The first-order chi connectivity index (χ1) is 8.76. The predicted molar refractivity (Wildman–Crippen MR) is 73.7 cm³/mol. The van der Waals surface area contributed by atoms with Crippen LogP contribution >= 0.6 is 0 Å². The van der Waals surface area contributed by atoms with E-state index in [1.807, 2.05) is 0 Å². The van der Waals surface area contributed by atoms with Gasteiger partial charge in [-0.1, -0.05) is 26.2 Å². The SMILES string of the molecule is CCCCCCN(C)C1CCC2(CC1)OCCO2. The molecule has 18 heavy (non-hydrogen) atoms. The molecule has 0 unspecified atom stereocenters. The van der Waals surface area contributed by atoms with Gasteiger partial charge in [-0.2, -0.15) is 0 Å². The normalized spacial score (nSPS) is 24.2. The highest BCUT2D eigenvalue weighted by Gasteiger charge is 2.40. The molecule has 0 amide bonds. The third kappa shape index (κ3) is 3.69. The monoisotopic (exact) mass is 255 g/mol. The highest BCUT2D eigenvalue weighted by atomic mass is 16.7. The first kappa shape index (κ1) is 14.3. The van der Waals surface area contributed by atoms with Gasteiger partial charge in [0.1, 0.15) is 0 Å². The number of rotatable bonds is 6. The zero-order chi connectivity index (χ0) is 12.8. The topological polar surface area (TPSA) is 21.7 Å². The molecule has 0 N–H and O–H groups in total. The molecular formula is C15H29NO2. The third-order valence-corrected chi connectivity index (χ3v) is 4.52. The lowest BCUT2D eigenvalue weighted by Crippen LogP contribution is -2.43. The Hall–Kier alpha value is -0.120. The molecule has 0 radical (unpaired) electrons. The highest BCUT2D eigenvalue weighted by Crippen LogP contribution is 2.37. The first-order valence-corrected chi connectivity index (χ1v) is 7.74. The van der Waals surface area contributed by atoms with Crippen molar-refractivity contribution in [1.29, 1.82) is 0 Å². The van der Waals surface area contributed by atoms with Crippen molar-refractivity contribution in [3.63, 3.8) is 0 Å². The van der Waals surface area contributed by atoms with E-state index < -0.39 is 0 Å². The fourth-order valence-electron chi connectivity index (χ4n) is 3.24. The molecule has 106 valence electrons. The molecule has 2 fully saturated rings. The minimum absolute atomic E-state index is 0.195. The molecule has 0 atom stereocenters. The van der Waals surface area contributed by atoms with Crippen molar-refractivity contribution in [3.8, 4) is 0 Å². The van der Waals surface area contributed by atoms with Gasteiger partial charge < -0.3 is 14.4 Å². The Morgan fingerprint density at radius 2 is 1.72 bits per heavy atom. The van der Waals surface area contributed by atoms with Gasteiger partial charge in [-0.3, -0.25) is 0 Å². The van der Waals surface area contributed by atoms with Gasteiger partial charge in [0.05, 0.1) is 13.2 Å². The summed E-state index contributed by atoms with van der Waals surface area (Å²) in [6.45, 7) is 5.10. The van der Waals surface area contributed by atoms with Crippen LogP contribution in [0.2, 0.25) is 0 Å². The van der Waals surface area contributed by atoms with Gasteiger partial charge >= 0.3 is 0 Å². The van der Waals surface area contributed by atoms with Crippen LogP contribution in [0.5, 0.6) is 0 Å². The summed E-state index contributed by atoms with van der Waals surface area (Å²) >= 11 is 0. The van der Waals surface area contributed by atoms with E-state index in [1.54, 1.807) is 0 Å². The van der Waals surface area contributed by atoms with Crippen LogP contribution in [-0.2, 0) is 9.47 Å². The molecular weight excluding hydrogens is 226 g/mol. The molecule has 2 rings (SSSR count). The summed E-state index contributed by atoms with van der Waals surface area (Å²) in [5.41, 5.74) is 0. The molecule has 1 spiro atoms. The number of hydrogen-bond acceptors (Lipinski definition) is 3. The van der Waals surface area contributed by atoms with Crippen molar-refractivity contribution in [2.24, 2.45) is 0 Å². The van der Waals surface area contributed by atoms with Crippen molar-refractivity contribution in [1.82, 2.24) is 4.90 Å². The Kier molecular flexibility index (Phi) is 5.46. The van der Waals surface area contributed by atoms with E-state index in [0.717, 1.165) is 32.1 Å². The van der Waals surface area contributed by atoms with E-state index in [2.05, 4.69) is 18.9 Å². The van der Waals surface area contributed by atoms with Gasteiger partial charge in [-0.05, 0) is 32.9 Å². The van der Waals surface area contributed by atoms with Crippen molar-refractivity contribution in [2.45, 2.75) is 70.1 Å². The Morgan fingerprint density at radius 1 is 1.06 bits per heavy atom. The van der Waals surface area contributed by atoms with Crippen LogP contribution in [0.25, 0.3) is 0 Å². The van der Waals surface area contributed by atoms with Crippen molar-refractivity contribution in [3.05, 3.63) is 0 Å². The smallest absolute Gasteiger partial charge is 0.168 e. The molecule has 0 bridgehead atoms. The zero-order valence-electron chi connectivity index (χ0n) is 12.1. The fraction of sp³-hybridized carbons (Fsp3) is 1.00. The van der Waals surface area contributed by atoms with Gasteiger partial charge in [-0.15, -0.1) is 0 Å². The molecule has 1 saturated carbocycles. The minimum atomic E-state index is -0.195. The molecule has 0 aromatic carbocycles. The molecule has 1 saturated heterocycles. The lowest BCUT2D eigenvalue weighted by Gasteiger charge is -2.39. The summed E-state index contributed by atoms with van der Waals surface area (Å²) in [5, 5.41) is 0. The van der Waals surface area contributed by atoms with Crippen molar-refractivity contribution in [2.75, 3.05) is 26.8 Å². The Balaban J connectivity index is 1.65. The summed E-state index contributed by atoms with van der Waals surface area (Å²) in [7, 11) is 2.28. The number of nitrogens with zero attached hydrogens (tertiary/aromatic N) is 1. The Bertz CT molecular complexity index is 229. The zero-order valence-corrected chi connectivity index (χ0v) is 12.1. The number of hydrogen-bond donors (Lipinski definition) is 0. The number of unbranched alkanes of at least 4 members (excludes halogenated alkanes) is 3. The Morgan fingerprint density at radius 3 is 2.33 bits per heavy atom. The summed E-state index contributed by atoms with van der Waals surface area (Å²) in [4.78, 5) is 2.55. The van der Waals surface area contributed by atoms with E-state index in [9.17, 15) is 0 Å². The second-order valence-corrected chi connectivity index (χ2v) is 5.88. The average molecular weight is 255 g/mol. The molecule has 1 aliphatic heterocycles. The van der Waals surface area contributed by atoms with Crippen LogP contribution in [-0.4, -0.2) is 43.5 Å². The fourth-order valence-corrected chi connectivity index (χ4v) is 3.24. The van der Waals surface area contributed by atoms with E-state index in [-0.39, 0.29) is 5.79 Å². The second-order valence-electron chi connectivity index (χ2n) is 5.88. The van der Waals surface area contributed by atoms with Gasteiger partial charge in [0.2, 0.25) is 0 Å². The van der Waals surface area contributed by atoms with Crippen molar-refractivity contribution < 1.29 is 9.47 Å². The van der Waals surface area contributed by atoms with Crippen LogP contribution in [0.15, 0.2) is 0 Å². The third-order valence-electron chi connectivity index (χ3n) is 4.52. The Labute approximate surface area is 112 Å². The molecule has 3 nitrogen and oxygen atoms in total. The van der Waals surface area contributed by atoms with E-state index >= 15 is 0 Å². The first-order valence-electron chi connectivity index (χ1n) is 7.74. The quantitative estimate of drug-likeness (QED) is 0.680. The molecule has 2 aliphatic rings. The summed E-state index contributed by atoms with van der Waals surface area (Å²) < 4.78 is 11.6. The van der Waals surface area contributed by atoms with Gasteiger partial charge in [0, 0.05) is 18.9 Å². The maximum Gasteiger partial charge on any atom is 0.168 e. The van der Waals surface area contributed by atoms with Crippen LogP contribution in [0.3, 0.4) is 0 Å². The molecule has 0 aromatic heterocycles. The second kappa shape index (κ2) is 6.88. The van der Waals surface area contributed by atoms with Crippen LogP contribution in [0.4, 0.5) is 0 Å². The lowest BCUT2D eigenvalue weighted by molar-refractivity contribution is -0.183. The molecule has 0 aromatic rings. The molecule has 1 heterocycles. The van der Waals surface area contributed by atoms with Crippen molar-refractivity contribution >= 4 is 0 Å². The lowest BCUT2D eigenvalue weighted by atomic mass is 9.89. The van der Waals surface area contributed by atoms with E-state index in [4.69, 9.17) is 9.47 Å². The maximum absolute atomic E-state index is 5.78. The highest BCUT2D eigenvalue weighted by molar-refractivity contribution is 4.85. The standard InChI is InChI=1S/C15H29NO2/c1-3-4-5-6-11-16(2)14-7-9-15(10-8-14)17-12-13-18-15/h14H,3-13H2,1-2H3. The van der Waals surface area contributed by atoms with Gasteiger partial charge in [0.25, 0.3) is 0 Å².